The van der Waals surface area contributed by atoms with E-state index in [2.05, 4.69) is 9.97 Å². The molecule has 0 amide bonds. The number of fused-ring (bicyclic) bond motifs is 1. The van der Waals surface area contributed by atoms with Crippen molar-refractivity contribution in [3.05, 3.63) is 88.2 Å². The van der Waals surface area contributed by atoms with Crippen LogP contribution in [0.4, 0.5) is 8.78 Å². The van der Waals surface area contributed by atoms with Gasteiger partial charge in [-0.25, -0.2) is 18.7 Å². The third kappa shape index (κ3) is 3.01. The summed E-state index contributed by atoms with van der Waals surface area (Å²) in [5.41, 5.74) is 1.17. The lowest BCUT2D eigenvalue weighted by molar-refractivity contribution is 0.610. The number of rotatable bonds is 4. The molecule has 0 aliphatic heterocycles. The molecule has 2 heterocycles. The minimum absolute atomic E-state index is 0.115. The Bertz CT molecular complexity index is 1180. The second-order valence-corrected chi connectivity index (χ2v) is 6.12. The highest BCUT2D eigenvalue weighted by Crippen LogP contribution is 2.17. The van der Waals surface area contributed by atoms with E-state index in [1.54, 1.807) is 29.1 Å². The zero-order chi connectivity index (χ0) is 19.0. The molecule has 0 fully saturated rings. The molecule has 0 aliphatic carbocycles. The van der Waals surface area contributed by atoms with Crippen molar-refractivity contribution in [1.29, 1.82) is 0 Å². The van der Waals surface area contributed by atoms with Gasteiger partial charge >= 0.3 is 0 Å². The quantitative estimate of drug-likeness (QED) is 0.556. The number of imidazole rings is 1. The van der Waals surface area contributed by atoms with E-state index in [-0.39, 0.29) is 23.3 Å². The van der Waals surface area contributed by atoms with E-state index in [9.17, 15) is 13.6 Å². The third-order valence-corrected chi connectivity index (χ3v) is 4.44. The average Bonchev–Trinajstić information content (AvgIpc) is 3.08. The van der Waals surface area contributed by atoms with Crippen molar-refractivity contribution in [3.63, 3.8) is 0 Å². The molecule has 0 radical (unpaired) electrons. The molecule has 0 bridgehead atoms. The largest absolute Gasteiger partial charge is 0.315 e. The second kappa shape index (κ2) is 6.75. The summed E-state index contributed by atoms with van der Waals surface area (Å²) >= 11 is 0. The molecule has 0 atom stereocenters. The normalized spacial score (nSPS) is 11.2. The van der Waals surface area contributed by atoms with Crippen LogP contribution in [-0.4, -0.2) is 19.1 Å². The number of benzene rings is 2. The molecule has 0 saturated carbocycles. The summed E-state index contributed by atoms with van der Waals surface area (Å²) in [6.45, 7) is 2.52. The first-order valence-corrected chi connectivity index (χ1v) is 8.54. The Labute approximate surface area is 153 Å². The van der Waals surface area contributed by atoms with Crippen LogP contribution in [0.3, 0.4) is 0 Å². The summed E-state index contributed by atoms with van der Waals surface area (Å²) in [6.07, 6.45) is 1.67. The fourth-order valence-corrected chi connectivity index (χ4v) is 3.06. The van der Waals surface area contributed by atoms with E-state index in [0.717, 1.165) is 0 Å². The molecule has 136 valence electrons. The summed E-state index contributed by atoms with van der Waals surface area (Å²) in [4.78, 5) is 21.9. The third-order valence-electron chi connectivity index (χ3n) is 4.44. The van der Waals surface area contributed by atoms with Crippen LogP contribution in [-0.2, 0) is 13.0 Å². The molecular weight excluding hydrogens is 350 g/mol. The number of hydrogen-bond acceptors (Lipinski definition) is 3. The molecule has 27 heavy (non-hydrogen) atoms. The van der Waals surface area contributed by atoms with Crippen LogP contribution in [0, 0.1) is 11.6 Å². The van der Waals surface area contributed by atoms with Crippen LogP contribution in [0.15, 0.2) is 59.7 Å². The lowest BCUT2D eigenvalue weighted by Crippen LogP contribution is -2.25. The molecule has 0 unspecified atom stereocenters. The molecule has 4 rings (SSSR count). The van der Waals surface area contributed by atoms with Gasteiger partial charge in [-0.15, -0.1) is 0 Å². The first-order chi connectivity index (χ1) is 13.1. The molecular formula is C20H16F2N4O. The van der Waals surface area contributed by atoms with Gasteiger partial charge in [0.15, 0.2) is 11.2 Å². The maximum atomic E-state index is 14.2. The molecule has 5 nitrogen and oxygen atoms in total. The van der Waals surface area contributed by atoms with E-state index >= 15 is 0 Å². The van der Waals surface area contributed by atoms with Crippen molar-refractivity contribution >= 4 is 11.2 Å². The summed E-state index contributed by atoms with van der Waals surface area (Å²) in [6, 6.07) is 11.9. The van der Waals surface area contributed by atoms with Crippen molar-refractivity contribution in [3.8, 4) is 5.69 Å². The SMILES string of the molecule is CCn1cnc2c(=O)n(-c3ccc(F)cc3)c(Cc3ccccc3F)nc21. The number of aryl methyl sites for hydroxylation is 1. The lowest BCUT2D eigenvalue weighted by Gasteiger charge is -2.13. The van der Waals surface area contributed by atoms with Gasteiger partial charge in [-0.3, -0.25) is 9.36 Å². The van der Waals surface area contributed by atoms with Gasteiger partial charge in [0.05, 0.1) is 12.0 Å². The number of halogens is 2. The van der Waals surface area contributed by atoms with E-state index in [0.29, 0.717) is 29.3 Å². The van der Waals surface area contributed by atoms with Gasteiger partial charge < -0.3 is 4.57 Å². The highest BCUT2D eigenvalue weighted by Gasteiger charge is 2.17. The average molecular weight is 366 g/mol. The Kier molecular flexibility index (Phi) is 4.27. The Morgan fingerprint density at radius 1 is 1.04 bits per heavy atom. The van der Waals surface area contributed by atoms with Crippen LogP contribution in [0.5, 0.6) is 0 Å². The fraction of sp³-hybridized carbons (Fsp3) is 0.150. The van der Waals surface area contributed by atoms with Crippen LogP contribution in [0.25, 0.3) is 16.9 Å². The maximum Gasteiger partial charge on any atom is 0.286 e. The van der Waals surface area contributed by atoms with Crippen LogP contribution >= 0.6 is 0 Å². The number of hydrogen-bond donors (Lipinski definition) is 0. The van der Waals surface area contributed by atoms with Crippen LogP contribution in [0.2, 0.25) is 0 Å². The molecule has 2 aromatic heterocycles. The monoisotopic (exact) mass is 366 g/mol. The predicted octanol–water partition coefficient (Wildman–Crippen LogP) is 3.47. The molecule has 2 aromatic carbocycles. The molecule has 0 N–H and O–H groups in total. The van der Waals surface area contributed by atoms with E-state index in [1.807, 2.05) is 6.92 Å². The van der Waals surface area contributed by atoms with Gasteiger partial charge in [-0.2, -0.15) is 0 Å². The van der Waals surface area contributed by atoms with Crippen LogP contribution < -0.4 is 5.56 Å². The predicted molar refractivity (Wildman–Crippen MR) is 98.0 cm³/mol. The van der Waals surface area contributed by atoms with Crippen molar-refractivity contribution in [2.75, 3.05) is 0 Å². The second-order valence-electron chi connectivity index (χ2n) is 6.12. The van der Waals surface area contributed by atoms with E-state index < -0.39 is 5.82 Å². The highest BCUT2D eigenvalue weighted by atomic mass is 19.1. The first kappa shape index (κ1) is 17.1. The number of aromatic nitrogens is 4. The molecule has 0 saturated heterocycles. The van der Waals surface area contributed by atoms with E-state index in [4.69, 9.17) is 0 Å². The van der Waals surface area contributed by atoms with Gasteiger partial charge in [0, 0.05) is 13.0 Å². The molecule has 4 aromatic rings. The van der Waals surface area contributed by atoms with Gasteiger partial charge in [-0.05, 0) is 42.8 Å². The number of nitrogens with zero attached hydrogens (tertiary/aromatic N) is 4. The maximum absolute atomic E-state index is 14.2. The minimum atomic E-state index is -0.410. The highest BCUT2D eigenvalue weighted by molar-refractivity contribution is 5.70. The Balaban J connectivity index is 1.98. The van der Waals surface area contributed by atoms with E-state index in [1.165, 1.54) is 34.9 Å². The summed E-state index contributed by atoms with van der Waals surface area (Å²) < 4.78 is 30.6. The fourth-order valence-electron chi connectivity index (χ4n) is 3.06. The van der Waals surface area contributed by atoms with Crippen LogP contribution in [0.1, 0.15) is 18.3 Å². The summed E-state index contributed by atoms with van der Waals surface area (Å²) in [7, 11) is 0. The molecule has 0 spiro atoms. The zero-order valence-corrected chi connectivity index (χ0v) is 14.6. The van der Waals surface area contributed by atoms with Gasteiger partial charge in [-0.1, -0.05) is 18.2 Å². The Morgan fingerprint density at radius 3 is 2.48 bits per heavy atom. The van der Waals surface area contributed by atoms with Crippen molar-refractivity contribution in [2.24, 2.45) is 0 Å². The first-order valence-electron chi connectivity index (χ1n) is 8.54. The smallest absolute Gasteiger partial charge is 0.286 e. The summed E-state index contributed by atoms with van der Waals surface area (Å²) in [5, 5.41) is 0. The van der Waals surface area contributed by atoms with Crippen molar-refractivity contribution < 1.29 is 8.78 Å². The minimum Gasteiger partial charge on any atom is -0.315 e. The van der Waals surface area contributed by atoms with Crippen molar-refractivity contribution in [1.82, 2.24) is 19.1 Å². The van der Waals surface area contributed by atoms with Gasteiger partial charge in [0.1, 0.15) is 17.5 Å². The Hall–Kier alpha value is -3.35. The zero-order valence-electron chi connectivity index (χ0n) is 14.6. The van der Waals surface area contributed by atoms with Gasteiger partial charge in [0.2, 0.25) is 0 Å². The summed E-state index contributed by atoms with van der Waals surface area (Å²) in [5.74, 6) is -0.423. The lowest BCUT2D eigenvalue weighted by atomic mass is 10.1. The molecule has 0 aliphatic rings. The standard InChI is InChI=1S/C20H16F2N4O/c1-2-25-12-23-18-19(25)24-17(11-13-5-3-4-6-16(13)22)26(20(18)27)15-9-7-14(21)8-10-15/h3-10,12H,2,11H2,1H3. The Morgan fingerprint density at radius 2 is 1.78 bits per heavy atom. The topological polar surface area (TPSA) is 52.7 Å². The van der Waals surface area contributed by atoms with Crippen molar-refractivity contribution in [2.45, 2.75) is 19.9 Å². The van der Waals surface area contributed by atoms with Gasteiger partial charge in [0.25, 0.3) is 5.56 Å². The molecule has 7 heteroatoms.